The molecule has 0 unspecified atom stereocenters. The van der Waals surface area contributed by atoms with Gasteiger partial charge in [-0.25, -0.2) is 4.39 Å². The van der Waals surface area contributed by atoms with Gasteiger partial charge >= 0.3 is 0 Å². The summed E-state index contributed by atoms with van der Waals surface area (Å²) in [6.45, 7) is 4.31. The van der Waals surface area contributed by atoms with E-state index in [9.17, 15) is 12.8 Å². The second-order valence-electron chi connectivity index (χ2n) is 6.54. The molecule has 0 aliphatic heterocycles. The van der Waals surface area contributed by atoms with Crippen molar-refractivity contribution < 1.29 is 17.0 Å². The molecule has 1 aromatic carbocycles. The molecule has 0 spiro atoms. The van der Waals surface area contributed by atoms with E-state index in [1.807, 2.05) is 17.8 Å². The minimum absolute atomic E-state index is 0.386. The highest BCUT2D eigenvalue weighted by atomic mass is 32.2. The molecule has 0 fully saturated rings. The lowest BCUT2D eigenvalue weighted by Gasteiger charge is -2.15. The van der Waals surface area contributed by atoms with Crippen LogP contribution < -0.4 is 0 Å². The van der Waals surface area contributed by atoms with Gasteiger partial charge in [0.05, 0.1) is 24.3 Å². The summed E-state index contributed by atoms with van der Waals surface area (Å²) in [6.07, 6.45) is 4.27. The first-order chi connectivity index (χ1) is 13.2. The lowest BCUT2D eigenvalue weighted by molar-refractivity contribution is 0.236. The average molecular weight is 407 g/mol. The average Bonchev–Trinajstić information content (AvgIpc) is 3.20. The Hall–Kier alpha value is -2.59. The number of halogens is 1. The smallest absolute Gasteiger partial charge is 0.264 e. The molecule has 1 atom stereocenters. The Morgan fingerprint density at radius 3 is 2.68 bits per heavy atom. The molecule has 3 rings (SSSR count). The fourth-order valence-electron chi connectivity index (χ4n) is 3.04. The molecular formula is C18H22FN5O3S. The molecule has 2 heterocycles. The summed E-state index contributed by atoms with van der Waals surface area (Å²) in [6, 6.07) is 4.13. The maximum absolute atomic E-state index is 13.9. The van der Waals surface area contributed by atoms with Crippen molar-refractivity contribution in [2.45, 2.75) is 32.9 Å². The van der Waals surface area contributed by atoms with Crippen LogP contribution in [0.5, 0.6) is 0 Å². The first kappa shape index (κ1) is 20.2. The largest absolute Gasteiger partial charge is 0.273 e. The van der Waals surface area contributed by atoms with Crippen molar-refractivity contribution in [3.63, 3.8) is 0 Å². The van der Waals surface area contributed by atoms with Crippen molar-refractivity contribution >= 4 is 10.1 Å². The molecule has 28 heavy (non-hydrogen) atoms. The van der Waals surface area contributed by atoms with E-state index in [1.54, 1.807) is 26.2 Å². The highest BCUT2D eigenvalue weighted by molar-refractivity contribution is 7.86. The third-order valence-electron chi connectivity index (χ3n) is 4.19. The Morgan fingerprint density at radius 1 is 1.29 bits per heavy atom. The van der Waals surface area contributed by atoms with Gasteiger partial charge in [-0.1, -0.05) is 0 Å². The molecule has 2 aromatic heterocycles. The molecular weight excluding hydrogens is 385 g/mol. The van der Waals surface area contributed by atoms with Crippen molar-refractivity contribution in [3.8, 4) is 11.3 Å². The number of aromatic nitrogens is 5. The molecule has 10 heteroatoms. The van der Waals surface area contributed by atoms with Crippen LogP contribution in [-0.4, -0.2) is 39.4 Å². The SMILES string of the molecule is CCn1cc(Cc2nn(C)nc2-c2ccc(F)cc2[C@H](C)OS(C)(=O)=O)cn1. The Labute approximate surface area is 163 Å². The zero-order valence-corrected chi connectivity index (χ0v) is 16.9. The number of hydrogen-bond acceptors (Lipinski definition) is 6. The summed E-state index contributed by atoms with van der Waals surface area (Å²) in [5.74, 6) is -0.489. The maximum atomic E-state index is 13.9. The van der Waals surface area contributed by atoms with Crippen LogP contribution in [0.1, 0.15) is 36.8 Å². The molecule has 0 saturated heterocycles. The van der Waals surface area contributed by atoms with Crippen LogP contribution in [0, 0.1) is 5.82 Å². The molecule has 150 valence electrons. The third kappa shape index (κ3) is 4.63. The van der Waals surface area contributed by atoms with Gasteiger partial charge in [0.2, 0.25) is 0 Å². The Kier molecular flexibility index (Phi) is 5.61. The highest BCUT2D eigenvalue weighted by Crippen LogP contribution is 2.32. The maximum Gasteiger partial charge on any atom is 0.264 e. The number of nitrogens with zero attached hydrogens (tertiary/aromatic N) is 5. The van der Waals surface area contributed by atoms with Crippen molar-refractivity contribution in [2.75, 3.05) is 6.26 Å². The van der Waals surface area contributed by atoms with Crippen LogP contribution in [-0.2, 0) is 34.3 Å². The summed E-state index contributed by atoms with van der Waals surface area (Å²) in [5, 5.41) is 13.1. The zero-order valence-electron chi connectivity index (χ0n) is 16.1. The summed E-state index contributed by atoms with van der Waals surface area (Å²) < 4.78 is 43.8. The van der Waals surface area contributed by atoms with Gasteiger partial charge in [0, 0.05) is 31.8 Å². The van der Waals surface area contributed by atoms with Crippen LogP contribution in [0.3, 0.4) is 0 Å². The van der Waals surface area contributed by atoms with Gasteiger partial charge in [-0.05, 0) is 43.2 Å². The van der Waals surface area contributed by atoms with E-state index in [2.05, 4.69) is 15.3 Å². The first-order valence-corrected chi connectivity index (χ1v) is 10.6. The lowest BCUT2D eigenvalue weighted by atomic mass is 9.98. The second-order valence-corrected chi connectivity index (χ2v) is 8.14. The molecule has 3 aromatic rings. The van der Waals surface area contributed by atoms with Crippen molar-refractivity contribution in [2.24, 2.45) is 7.05 Å². The van der Waals surface area contributed by atoms with Crippen LogP contribution in [0.2, 0.25) is 0 Å². The van der Waals surface area contributed by atoms with Gasteiger partial charge in [-0.3, -0.25) is 8.86 Å². The molecule has 0 amide bonds. The summed E-state index contributed by atoms with van der Waals surface area (Å²) >= 11 is 0. The molecule has 0 aliphatic rings. The van der Waals surface area contributed by atoms with Crippen molar-refractivity contribution in [1.82, 2.24) is 24.8 Å². The summed E-state index contributed by atoms with van der Waals surface area (Å²) in [4.78, 5) is 1.43. The molecule has 0 N–H and O–H groups in total. The normalized spacial score (nSPS) is 13.0. The second kappa shape index (κ2) is 7.80. The van der Waals surface area contributed by atoms with Crippen molar-refractivity contribution in [3.05, 3.63) is 53.2 Å². The number of rotatable bonds is 7. The van der Waals surface area contributed by atoms with Crippen LogP contribution >= 0.6 is 0 Å². The predicted molar refractivity (Wildman–Crippen MR) is 101 cm³/mol. The van der Waals surface area contributed by atoms with Gasteiger partial charge in [-0.15, -0.1) is 0 Å². The predicted octanol–water partition coefficient (Wildman–Crippen LogP) is 2.47. The molecule has 8 nitrogen and oxygen atoms in total. The van der Waals surface area contributed by atoms with E-state index in [4.69, 9.17) is 4.18 Å². The van der Waals surface area contributed by atoms with E-state index < -0.39 is 22.0 Å². The van der Waals surface area contributed by atoms with Gasteiger partial charge < -0.3 is 0 Å². The quantitative estimate of drug-likeness (QED) is 0.559. The zero-order chi connectivity index (χ0) is 20.5. The number of hydrogen-bond donors (Lipinski definition) is 0. The molecule has 0 bridgehead atoms. The number of benzene rings is 1. The highest BCUT2D eigenvalue weighted by Gasteiger charge is 2.22. The van der Waals surface area contributed by atoms with Crippen LogP contribution in [0.4, 0.5) is 4.39 Å². The molecule has 0 aliphatic carbocycles. The first-order valence-electron chi connectivity index (χ1n) is 8.76. The topological polar surface area (TPSA) is 91.9 Å². The van der Waals surface area contributed by atoms with Gasteiger partial charge in [0.25, 0.3) is 10.1 Å². The summed E-state index contributed by atoms with van der Waals surface area (Å²) in [7, 11) is -2.02. The van der Waals surface area contributed by atoms with E-state index in [1.165, 1.54) is 16.9 Å². The van der Waals surface area contributed by atoms with E-state index in [0.29, 0.717) is 28.9 Å². The number of aryl methyl sites for hydroxylation is 2. The fraction of sp³-hybridized carbons (Fsp3) is 0.389. The standard InChI is InChI=1S/C18H22FN5O3S/c1-5-24-11-13(10-20-24)8-17-18(22-23(3)21-17)15-7-6-14(19)9-16(15)12(2)27-28(4,25)26/h6-7,9-12H,5,8H2,1-4H3/t12-/m0/s1. The Balaban J connectivity index is 2.04. The van der Waals surface area contributed by atoms with Crippen LogP contribution in [0.25, 0.3) is 11.3 Å². The molecule has 0 radical (unpaired) electrons. The Morgan fingerprint density at radius 2 is 2.04 bits per heavy atom. The van der Waals surface area contributed by atoms with E-state index >= 15 is 0 Å². The van der Waals surface area contributed by atoms with Crippen LogP contribution in [0.15, 0.2) is 30.6 Å². The van der Waals surface area contributed by atoms with E-state index in [-0.39, 0.29) is 0 Å². The molecule has 0 saturated carbocycles. The minimum atomic E-state index is -3.71. The van der Waals surface area contributed by atoms with Gasteiger partial charge in [0.15, 0.2) is 0 Å². The summed E-state index contributed by atoms with van der Waals surface area (Å²) in [5.41, 5.74) is 3.15. The van der Waals surface area contributed by atoms with Gasteiger partial charge in [0.1, 0.15) is 11.5 Å². The van der Waals surface area contributed by atoms with Gasteiger partial charge in [-0.2, -0.15) is 28.5 Å². The fourth-order valence-corrected chi connectivity index (χ4v) is 3.67. The lowest BCUT2D eigenvalue weighted by Crippen LogP contribution is -2.09. The Bertz CT molecular complexity index is 1090. The minimum Gasteiger partial charge on any atom is -0.273 e. The monoisotopic (exact) mass is 407 g/mol. The van der Waals surface area contributed by atoms with E-state index in [0.717, 1.165) is 18.4 Å². The van der Waals surface area contributed by atoms with Crippen molar-refractivity contribution in [1.29, 1.82) is 0 Å². The third-order valence-corrected chi connectivity index (χ3v) is 4.83.